The highest BCUT2D eigenvalue weighted by atomic mass is 32.2. The minimum absolute atomic E-state index is 0.184. The second-order valence-electron chi connectivity index (χ2n) is 4.30. The Bertz CT molecular complexity index is 361. The maximum Gasteiger partial charge on any atom is 0.306 e. The number of rotatable bonds is 2. The molecule has 2 fully saturated rings. The molecule has 0 amide bonds. The van der Waals surface area contributed by atoms with Crippen molar-refractivity contribution < 1.29 is 22.1 Å². The van der Waals surface area contributed by atoms with Gasteiger partial charge in [-0.25, -0.2) is 0 Å². The van der Waals surface area contributed by atoms with E-state index in [0.717, 1.165) is 6.26 Å². The summed E-state index contributed by atoms with van der Waals surface area (Å²) in [5, 5.41) is 0. The summed E-state index contributed by atoms with van der Waals surface area (Å²) in [4.78, 5) is 11.0. The summed E-state index contributed by atoms with van der Waals surface area (Å²) >= 11 is 0. The van der Waals surface area contributed by atoms with Crippen LogP contribution in [0.1, 0.15) is 19.3 Å². The highest BCUT2D eigenvalue weighted by Gasteiger charge is 2.40. The average Bonchev–Trinajstić information content (AvgIpc) is 2.42. The molecule has 1 heterocycles. The molecule has 2 rings (SSSR count). The van der Waals surface area contributed by atoms with Gasteiger partial charge >= 0.3 is 5.97 Å². The van der Waals surface area contributed by atoms with E-state index in [2.05, 4.69) is 0 Å². The van der Waals surface area contributed by atoms with Crippen molar-refractivity contribution >= 4 is 16.1 Å². The highest BCUT2D eigenvalue weighted by Crippen LogP contribution is 2.39. The van der Waals surface area contributed by atoms with Crippen LogP contribution >= 0.6 is 0 Å². The maximum absolute atomic E-state index is 11.0. The third-order valence-electron chi connectivity index (χ3n) is 3.00. The molecule has 0 N–H and O–H groups in total. The normalized spacial score (nSPS) is 36.1. The molecule has 5 nitrogen and oxygen atoms in total. The van der Waals surface area contributed by atoms with E-state index in [-0.39, 0.29) is 23.9 Å². The summed E-state index contributed by atoms with van der Waals surface area (Å²) in [6.07, 6.45) is 2.49. The first kappa shape index (κ1) is 10.9. The van der Waals surface area contributed by atoms with E-state index in [4.69, 9.17) is 8.92 Å². The van der Waals surface area contributed by atoms with Gasteiger partial charge in [-0.1, -0.05) is 0 Å². The predicted molar refractivity (Wildman–Crippen MR) is 51.5 cm³/mol. The Morgan fingerprint density at radius 2 is 2.00 bits per heavy atom. The Labute approximate surface area is 88.9 Å². The number of hydrogen-bond donors (Lipinski definition) is 0. The fourth-order valence-electron chi connectivity index (χ4n) is 2.41. The molecule has 3 atom stereocenters. The van der Waals surface area contributed by atoms with Crippen molar-refractivity contribution in [1.82, 2.24) is 0 Å². The van der Waals surface area contributed by atoms with Crippen molar-refractivity contribution in [3.05, 3.63) is 0 Å². The Morgan fingerprint density at radius 3 is 2.67 bits per heavy atom. The first-order valence-electron chi connectivity index (χ1n) is 4.98. The molecule has 0 aromatic rings. The zero-order valence-electron chi connectivity index (χ0n) is 8.51. The molecule has 1 saturated heterocycles. The van der Waals surface area contributed by atoms with Gasteiger partial charge in [-0.15, -0.1) is 0 Å². The van der Waals surface area contributed by atoms with E-state index in [1.54, 1.807) is 0 Å². The average molecular weight is 234 g/mol. The Kier molecular flexibility index (Phi) is 2.72. The lowest BCUT2D eigenvalue weighted by atomic mass is 9.92. The zero-order valence-corrected chi connectivity index (χ0v) is 9.33. The molecular weight excluding hydrogens is 220 g/mol. The lowest BCUT2D eigenvalue weighted by Gasteiger charge is -2.23. The van der Waals surface area contributed by atoms with Gasteiger partial charge in [-0.05, 0) is 24.7 Å². The number of fused-ring (bicyclic) bond motifs is 1. The molecule has 6 heteroatoms. The molecule has 0 spiro atoms. The van der Waals surface area contributed by atoms with Crippen LogP contribution in [0.15, 0.2) is 0 Å². The number of esters is 1. The highest BCUT2D eigenvalue weighted by molar-refractivity contribution is 7.86. The molecule has 1 aliphatic heterocycles. The lowest BCUT2D eigenvalue weighted by molar-refractivity contribution is -0.151. The van der Waals surface area contributed by atoms with Crippen LogP contribution in [0.4, 0.5) is 0 Å². The van der Waals surface area contributed by atoms with Crippen LogP contribution in [0.5, 0.6) is 0 Å². The van der Waals surface area contributed by atoms with Gasteiger partial charge in [-0.2, -0.15) is 8.42 Å². The summed E-state index contributed by atoms with van der Waals surface area (Å²) in [6.45, 7) is 0.410. The topological polar surface area (TPSA) is 69.7 Å². The van der Waals surface area contributed by atoms with Gasteiger partial charge in [0.25, 0.3) is 10.1 Å². The fourth-order valence-corrected chi connectivity index (χ4v) is 3.06. The van der Waals surface area contributed by atoms with Crippen molar-refractivity contribution in [2.75, 3.05) is 12.9 Å². The molecule has 0 aromatic heterocycles. The van der Waals surface area contributed by atoms with E-state index in [9.17, 15) is 13.2 Å². The molecule has 1 saturated carbocycles. The van der Waals surface area contributed by atoms with Crippen molar-refractivity contribution in [2.45, 2.75) is 25.4 Å². The van der Waals surface area contributed by atoms with Crippen molar-refractivity contribution in [1.29, 1.82) is 0 Å². The van der Waals surface area contributed by atoms with E-state index in [0.29, 0.717) is 25.9 Å². The lowest BCUT2D eigenvalue weighted by Crippen LogP contribution is -2.26. The standard InChI is InChI=1S/C9H14O5S/c1-15(11,12)14-8-2-6-4-9(10)13-5-7(6)3-8/h6-8H,2-5H2,1H3/t6-,7+,8-/m0/s1. The first-order valence-corrected chi connectivity index (χ1v) is 6.79. The quantitative estimate of drug-likeness (QED) is 0.508. The van der Waals surface area contributed by atoms with Gasteiger partial charge in [0.2, 0.25) is 0 Å². The van der Waals surface area contributed by atoms with Gasteiger partial charge in [0.15, 0.2) is 0 Å². The van der Waals surface area contributed by atoms with Crippen molar-refractivity contribution in [2.24, 2.45) is 11.8 Å². The van der Waals surface area contributed by atoms with Crippen molar-refractivity contribution in [3.63, 3.8) is 0 Å². The predicted octanol–water partition coefficient (Wildman–Crippen LogP) is 0.304. The number of carbonyl (C=O) groups excluding carboxylic acids is 1. The third-order valence-corrected chi connectivity index (χ3v) is 3.62. The SMILES string of the molecule is CS(=O)(=O)O[C@H]1C[C@H]2CC(=O)OC[C@H]2C1. The van der Waals surface area contributed by atoms with Crippen LogP contribution in [0.25, 0.3) is 0 Å². The molecule has 86 valence electrons. The number of carbonyl (C=O) groups is 1. The molecular formula is C9H14O5S. The van der Waals surface area contributed by atoms with Crippen LogP contribution in [-0.2, 0) is 23.8 Å². The number of ether oxygens (including phenoxy) is 1. The molecule has 0 aromatic carbocycles. The molecule has 2 aliphatic rings. The van der Waals surface area contributed by atoms with E-state index < -0.39 is 10.1 Å². The Balaban J connectivity index is 1.96. The van der Waals surface area contributed by atoms with Crippen LogP contribution in [-0.4, -0.2) is 33.4 Å². The second kappa shape index (κ2) is 3.75. The number of hydrogen-bond acceptors (Lipinski definition) is 5. The molecule has 0 unspecified atom stereocenters. The van der Waals surface area contributed by atoms with Crippen LogP contribution in [0.2, 0.25) is 0 Å². The largest absolute Gasteiger partial charge is 0.465 e. The second-order valence-corrected chi connectivity index (χ2v) is 5.90. The number of cyclic esters (lactones) is 1. The van der Waals surface area contributed by atoms with Crippen LogP contribution in [0, 0.1) is 11.8 Å². The molecule has 0 radical (unpaired) electrons. The smallest absolute Gasteiger partial charge is 0.306 e. The molecule has 1 aliphatic carbocycles. The zero-order chi connectivity index (χ0) is 11.1. The summed E-state index contributed by atoms with van der Waals surface area (Å²) in [5.41, 5.74) is 0. The molecule has 0 bridgehead atoms. The van der Waals surface area contributed by atoms with Gasteiger partial charge in [0.05, 0.1) is 19.0 Å². The Morgan fingerprint density at radius 1 is 1.33 bits per heavy atom. The van der Waals surface area contributed by atoms with Crippen molar-refractivity contribution in [3.8, 4) is 0 Å². The third kappa shape index (κ3) is 2.69. The summed E-state index contributed by atoms with van der Waals surface area (Å²) < 4.78 is 31.7. The van der Waals surface area contributed by atoms with E-state index in [1.165, 1.54) is 0 Å². The van der Waals surface area contributed by atoms with Gasteiger partial charge < -0.3 is 4.74 Å². The van der Waals surface area contributed by atoms with Gasteiger partial charge in [0.1, 0.15) is 0 Å². The summed E-state index contributed by atoms with van der Waals surface area (Å²) in [5.74, 6) is 0.323. The maximum atomic E-state index is 11.0. The van der Waals surface area contributed by atoms with Crippen LogP contribution in [0.3, 0.4) is 0 Å². The monoisotopic (exact) mass is 234 g/mol. The molecule has 15 heavy (non-hydrogen) atoms. The minimum Gasteiger partial charge on any atom is -0.465 e. The van der Waals surface area contributed by atoms with Gasteiger partial charge in [0, 0.05) is 6.42 Å². The first-order chi connectivity index (χ1) is 6.94. The van der Waals surface area contributed by atoms with E-state index in [1.807, 2.05) is 0 Å². The van der Waals surface area contributed by atoms with Crippen LogP contribution < -0.4 is 0 Å². The summed E-state index contributed by atoms with van der Waals surface area (Å²) in [6, 6.07) is 0. The minimum atomic E-state index is -3.39. The fraction of sp³-hybridized carbons (Fsp3) is 0.889. The summed E-state index contributed by atoms with van der Waals surface area (Å²) in [7, 11) is -3.39. The van der Waals surface area contributed by atoms with Gasteiger partial charge in [-0.3, -0.25) is 8.98 Å². The Hall–Kier alpha value is -0.620. The van der Waals surface area contributed by atoms with E-state index >= 15 is 0 Å².